The fraction of sp³-hybridized carbons (Fsp3) is 0.500. The number of hydrogen-bond acceptors (Lipinski definition) is 4. The maximum Gasteiger partial charge on any atom is 0.190 e. The molecule has 4 nitrogen and oxygen atoms in total. The first-order chi connectivity index (χ1) is 12.5. The van der Waals surface area contributed by atoms with E-state index >= 15 is 0 Å². The average molecular weight is 353 g/mol. The average Bonchev–Trinajstić information content (AvgIpc) is 2.66. The van der Waals surface area contributed by atoms with Crippen molar-refractivity contribution in [3.63, 3.8) is 0 Å². The highest BCUT2D eigenvalue weighted by Crippen LogP contribution is 2.41. The summed E-state index contributed by atoms with van der Waals surface area (Å²) in [6.07, 6.45) is 1.79. The molecule has 1 aromatic carbocycles. The van der Waals surface area contributed by atoms with Crippen molar-refractivity contribution >= 4 is 17.3 Å². The van der Waals surface area contributed by atoms with Crippen LogP contribution in [0.5, 0.6) is 0 Å². The molecule has 0 heterocycles. The summed E-state index contributed by atoms with van der Waals surface area (Å²) in [5.41, 5.74) is 2.00. The van der Waals surface area contributed by atoms with Crippen molar-refractivity contribution in [2.45, 2.75) is 40.0 Å². The lowest BCUT2D eigenvalue weighted by molar-refractivity contribution is -0.123. The van der Waals surface area contributed by atoms with Crippen molar-refractivity contribution < 1.29 is 14.4 Å². The summed E-state index contributed by atoms with van der Waals surface area (Å²) in [6.45, 7) is 9.12. The molecule has 0 amide bonds. The van der Waals surface area contributed by atoms with E-state index in [4.69, 9.17) is 0 Å². The van der Waals surface area contributed by atoms with Crippen LogP contribution in [-0.4, -0.2) is 41.9 Å². The van der Waals surface area contributed by atoms with Crippen LogP contribution in [0.15, 0.2) is 35.4 Å². The second kappa shape index (κ2) is 7.67. The molecule has 26 heavy (non-hydrogen) atoms. The molecule has 0 fully saturated rings. The van der Waals surface area contributed by atoms with E-state index in [2.05, 4.69) is 18.7 Å². The number of nitrogens with zero attached hydrogens (tertiary/aromatic N) is 1. The molecule has 0 bridgehead atoms. The molecule has 0 radical (unpaired) electrons. The van der Waals surface area contributed by atoms with Crippen LogP contribution in [-0.2, 0) is 4.79 Å². The minimum atomic E-state index is -0.201. The lowest BCUT2D eigenvalue weighted by Gasteiger charge is -2.34. The van der Waals surface area contributed by atoms with Crippen molar-refractivity contribution in [2.75, 3.05) is 19.6 Å². The second-order valence-electron chi connectivity index (χ2n) is 7.30. The van der Waals surface area contributed by atoms with Crippen LogP contribution in [0.25, 0.3) is 0 Å². The quantitative estimate of drug-likeness (QED) is 0.782. The van der Waals surface area contributed by atoms with Gasteiger partial charge in [0.05, 0.1) is 0 Å². The Morgan fingerprint density at radius 1 is 1.00 bits per heavy atom. The van der Waals surface area contributed by atoms with E-state index in [1.165, 1.54) is 0 Å². The topological polar surface area (TPSA) is 54.5 Å². The summed E-state index contributed by atoms with van der Waals surface area (Å²) in [6, 6.07) is 6.98. The van der Waals surface area contributed by atoms with Gasteiger partial charge in [-0.1, -0.05) is 45.0 Å². The predicted molar refractivity (Wildman–Crippen MR) is 101 cm³/mol. The number of benzene rings is 1. The van der Waals surface area contributed by atoms with Gasteiger partial charge in [-0.15, -0.1) is 0 Å². The Kier molecular flexibility index (Phi) is 5.52. The van der Waals surface area contributed by atoms with E-state index in [9.17, 15) is 14.4 Å². The van der Waals surface area contributed by atoms with Gasteiger partial charge in [-0.2, -0.15) is 0 Å². The van der Waals surface area contributed by atoms with Gasteiger partial charge in [-0.3, -0.25) is 14.4 Å². The number of hydrogen-bond donors (Lipinski definition) is 0. The molecule has 4 heteroatoms. The van der Waals surface area contributed by atoms with Crippen LogP contribution in [0.3, 0.4) is 0 Å². The predicted octanol–water partition coefficient (Wildman–Crippen LogP) is 3.71. The monoisotopic (exact) mass is 353 g/mol. The van der Waals surface area contributed by atoms with E-state index < -0.39 is 0 Å². The van der Waals surface area contributed by atoms with Gasteiger partial charge in [0, 0.05) is 34.6 Å². The van der Waals surface area contributed by atoms with Gasteiger partial charge in [0.2, 0.25) is 0 Å². The Morgan fingerprint density at radius 3 is 2.23 bits per heavy atom. The number of Topliss-reactive ketones (excluding diaryl/α,β-unsaturated/α-hetero) is 3. The Labute approximate surface area is 155 Å². The van der Waals surface area contributed by atoms with Crippen molar-refractivity contribution in [1.29, 1.82) is 0 Å². The van der Waals surface area contributed by atoms with E-state index in [0.29, 0.717) is 22.3 Å². The number of allylic oxidation sites excluding steroid dienone is 2. The summed E-state index contributed by atoms with van der Waals surface area (Å²) >= 11 is 0. The van der Waals surface area contributed by atoms with Gasteiger partial charge in [0.15, 0.2) is 11.6 Å². The molecule has 0 spiro atoms. The Morgan fingerprint density at radius 2 is 1.62 bits per heavy atom. The first kappa shape index (κ1) is 18.7. The molecule has 2 atom stereocenters. The molecule has 2 aliphatic rings. The van der Waals surface area contributed by atoms with Gasteiger partial charge >= 0.3 is 0 Å². The summed E-state index contributed by atoms with van der Waals surface area (Å²) in [5.74, 6) is -0.456. The van der Waals surface area contributed by atoms with Crippen LogP contribution < -0.4 is 0 Å². The fourth-order valence-corrected chi connectivity index (χ4v) is 4.29. The molecule has 0 aliphatic heterocycles. The molecule has 0 aromatic heterocycles. The molecule has 2 aliphatic carbocycles. The Balaban J connectivity index is 1.91. The minimum Gasteiger partial charge on any atom is -0.304 e. The molecule has 3 rings (SSSR count). The van der Waals surface area contributed by atoms with Gasteiger partial charge in [0.25, 0.3) is 0 Å². The zero-order chi connectivity index (χ0) is 18.8. The number of ketones is 3. The molecule has 0 saturated heterocycles. The highest BCUT2D eigenvalue weighted by molar-refractivity contribution is 6.28. The molecule has 0 saturated carbocycles. The van der Waals surface area contributed by atoms with E-state index in [1.807, 2.05) is 6.92 Å². The highest BCUT2D eigenvalue weighted by Gasteiger charge is 2.43. The number of rotatable bonds is 6. The normalized spacial score (nSPS) is 22.7. The van der Waals surface area contributed by atoms with Crippen molar-refractivity contribution in [1.82, 2.24) is 4.90 Å². The number of carbonyl (C=O) groups is 3. The smallest absolute Gasteiger partial charge is 0.190 e. The fourth-order valence-electron chi connectivity index (χ4n) is 4.29. The largest absolute Gasteiger partial charge is 0.304 e. The first-order valence-electron chi connectivity index (χ1n) is 9.66. The van der Waals surface area contributed by atoms with Crippen LogP contribution in [0.4, 0.5) is 0 Å². The summed E-state index contributed by atoms with van der Waals surface area (Å²) in [4.78, 5) is 40.9. The van der Waals surface area contributed by atoms with Crippen molar-refractivity contribution in [2.24, 2.45) is 11.8 Å². The third-order valence-electron chi connectivity index (χ3n) is 5.98. The van der Waals surface area contributed by atoms with Crippen LogP contribution in [0, 0.1) is 11.8 Å². The summed E-state index contributed by atoms with van der Waals surface area (Å²) < 4.78 is 0. The van der Waals surface area contributed by atoms with Gasteiger partial charge in [-0.25, -0.2) is 0 Å². The van der Waals surface area contributed by atoms with Crippen molar-refractivity contribution in [3.05, 3.63) is 46.5 Å². The molecule has 1 aromatic rings. The highest BCUT2D eigenvalue weighted by atomic mass is 16.1. The van der Waals surface area contributed by atoms with E-state index in [0.717, 1.165) is 32.5 Å². The Hall–Kier alpha value is -2.07. The number of fused-ring (bicyclic) bond motifs is 1. The van der Waals surface area contributed by atoms with Gasteiger partial charge in [0.1, 0.15) is 5.78 Å². The van der Waals surface area contributed by atoms with Gasteiger partial charge in [-0.05, 0) is 38.4 Å². The third-order valence-corrected chi connectivity index (χ3v) is 5.98. The van der Waals surface area contributed by atoms with E-state index in [-0.39, 0.29) is 35.6 Å². The SMILES string of the molecule is CCN(CC)CCCC1C2=C(CC(=O)C1C)C(=O)c1ccccc1C2=O. The maximum atomic E-state index is 13.1. The minimum absolute atomic E-state index is 0.0533. The lowest BCUT2D eigenvalue weighted by atomic mass is 9.67. The zero-order valence-electron chi connectivity index (χ0n) is 15.9. The first-order valence-corrected chi connectivity index (χ1v) is 9.66. The van der Waals surface area contributed by atoms with Gasteiger partial charge < -0.3 is 4.90 Å². The summed E-state index contributed by atoms with van der Waals surface area (Å²) in [5, 5.41) is 0. The molecule has 0 N–H and O–H groups in total. The van der Waals surface area contributed by atoms with Crippen LogP contribution in [0.2, 0.25) is 0 Å². The Bertz CT molecular complexity index is 773. The molecular weight excluding hydrogens is 326 g/mol. The van der Waals surface area contributed by atoms with Crippen LogP contribution >= 0.6 is 0 Å². The standard InChI is InChI=1S/C22H27NO3/c1-4-23(5-2)12-8-11-15-14(3)19(24)13-18-20(15)22(26)17-10-7-6-9-16(17)21(18)25/h6-7,9-10,14-15H,4-5,8,11-13H2,1-3H3. The molecule has 2 unspecified atom stereocenters. The molecular formula is C22H27NO3. The summed E-state index contributed by atoms with van der Waals surface area (Å²) in [7, 11) is 0. The van der Waals surface area contributed by atoms with E-state index in [1.54, 1.807) is 24.3 Å². The lowest BCUT2D eigenvalue weighted by Crippen LogP contribution is -2.37. The molecule has 138 valence electrons. The number of carbonyl (C=O) groups excluding carboxylic acids is 3. The van der Waals surface area contributed by atoms with Crippen molar-refractivity contribution in [3.8, 4) is 0 Å². The third kappa shape index (κ3) is 3.18. The maximum absolute atomic E-state index is 13.1. The van der Waals surface area contributed by atoms with Crippen LogP contribution in [0.1, 0.15) is 60.7 Å². The second-order valence-corrected chi connectivity index (χ2v) is 7.30. The zero-order valence-corrected chi connectivity index (χ0v) is 15.9.